The summed E-state index contributed by atoms with van der Waals surface area (Å²) in [5.41, 5.74) is 1.40. The van der Waals surface area contributed by atoms with Gasteiger partial charge in [-0.3, -0.25) is 4.79 Å². The summed E-state index contributed by atoms with van der Waals surface area (Å²) in [6.45, 7) is 0.235. The van der Waals surface area contributed by atoms with Gasteiger partial charge in [0.05, 0.1) is 23.6 Å². The van der Waals surface area contributed by atoms with Gasteiger partial charge in [0.2, 0.25) is 0 Å². The van der Waals surface area contributed by atoms with Gasteiger partial charge in [0.1, 0.15) is 10.1 Å². The number of hydrogen-bond donors (Lipinski definition) is 0. The van der Waals surface area contributed by atoms with E-state index in [2.05, 4.69) is 0 Å². The zero-order chi connectivity index (χ0) is 14.7. The number of ketones is 1. The number of rotatable bonds is 5. The van der Waals surface area contributed by atoms with Crippen molar-refractivity contribution in [2.24, 2.45) is 0 Å². The summed E-state index contributed by atoms with van der Waals surface area (Å²) in [6.07, 6.45) is 0. The molecule has 0 radical (unpaired) electrons. The molecule has 0 atom stereocenters. The second kappa shape index (κ2) is 6.48. The first-order valence-corrected chi connectivity index (χ1v) is 7.41. The van der Waals surface area contributed by atoms with Crippen LogP contribution < -0.4 is 9.64 Å². The van der Waals surface area contributed by atoms with Crippen LogP contribution in [0.15, 0.2) is 30.3 Å². The number of anilines is 1. The largest absolute Gasteiger partial charge is 0.497 e. The molecule has 0 amide bonds. The maximum Gasteiger partial charge on any atom is 0.184 e. The lowest BCUT2D eigenvalue weighted by Gasteiger charge is -2.18. The third-order valence-electron chi connectivity index (χ3n) is 2.85. The molecule has 6 heteroatoms. The van der Waals surface area contributed by atoms with Gasteiger partial charge in [0.15, 0.2) is 5.78 Å². The van der Waals surface area contributed by atoms with Crippen LogP contribution in [0.25, 0.3) is 0 Å². The normalized spacial score (nSPS) is 10.4. The average Bonchev–Trinajstić information content (AvgIpc) is 2.78. The molecule has 0 N–H and O–H groups in total. The van der Waals surface area contributed by atoms with E-state index >= 15 is 0 Å². The Morgan fingerprint density at radius 3 is 2.45 bits per heavy atom. The zero-order valence-corrected chi connectivity index (χ0v) is 13.4. The first kappa shape index (κ1) is 15.2. The summed E-state index contributed by atoms with van der Waals surface area (Å²) >= 11 is 13.0. The van der Waals surface area contributed by atoms with Gasteiger partial charge in [-0.05, 0) is 30.3 Å². The molecule has 1 aromatic carbocycles. The smallest absolute Gasteiger partial charge is 0.184 e. The van der Waals surface area contributed by atoms with Crippen molar-refractivity contribution < 1.29 is 9.53 Å². The molecule has 2 rings (SSSR count). The number of halogens is 2. The third kappa shape index (κ3) is 3.45. The fourth-order valence-corrected chi connectivity index (χ4v) is 3.26. The summed E-state index contributed by atoms with van der Waals surface area (Å²) < 4.78 is 6.05. The number of benzene rings is 1. The van der Waals surface area contributed by atoms with Gasteiger partial charge in [-0.25, -0.2) is 0 Å². The Morgan fingerprint density at radius 1 is 1.30 bits per heavy atom. The van der Waals surface area contributed by atoms with Crippen LogP contribution in [-0.2, 0) is 0 Å². The Bertz CT molecular complexity index is 610. The molecule has 0 saturated carbocycles. The van der Waals surface area contributed by atoms with Crippen molar-refractivity contribution in [3.05, 3.63) is 44.6 Å². The van der Waals surface area contributed by atoms with E-state index in [-0.39, 0.29) is 12.3 Å². The van der Waals surface area contributed by atoms with Crippen molar-refractivity contribution in [2.45, 2.75) is 0 Å². The molecular weight excluding hydrogens is 317 g/mol. The highest BCUT2D eigenvalue weighted by Gasteiger charge is 2.16. The van der Waals surface area contributed by atoms with Crippen LogP contribution in [0.2, 0.25) is 8.67 Å². The molecule has 2 aromatic rings. The van der Waals surface area contributed by atoms with E-state index in [0.29, 0.717) is 14.2 Å². The van der Waals surface area contributed by atoms with Crippen LogP contribution in [0.5, 0.6) is 5.75 Å². The predicted octanol–water partition coefficient (Wildman–Crippen LogP) is 4.38. The van der Waals surface area contributed by atoms with Crippen molar-refractivity contribution >= 4 is 46.0 Å². The molecule has 0 fully saturated rings. The second-order valence-electron chi connectivity index (χ2n) is 4.22. The Kier molecular flexibility index (Phi) is 4.91. The number of ether oxygens (including phenoxy) is 1. The zero-order valence-electron chi connectivity index (χ0n) is 11.0. The highest BCUT2D eigenvalue weighted by molar-refractivity contribution is 7.20. The van der Waals surface area contributed by atoms with Crippen LogP contribution >= 0.6 is 34.5 Å². The minimum atomic E-state index is -0.0588. The van der Waals surface area contributed by atoms with Crippen molar-refractivity contribution in [1.29, 1.82) is 0 Å². The number of carbonyl (C=O) groups excluding carboxylic acids is 1. The fraction of sp³-hybridized carbons (Fsp3) is 0.214. The molecular formula is C14H13Cl2NO2S. The SMILES string of the molecule is COc1ccc(N(C)CC(=O)c2cc(Cl)sc2Cl)cc1. The van der Waals surface area contributed by atoms with E-state index in [1.807, 2.05) is 36.2 Å². The highest BCUT2D eigenvalue weighted by atomic mass is 35.5. The van der Waals surface area contributed by atoms with Crippen LogP contribution in [-0.4, -0.2) is 26.5 Å². The highest BCUT2D eigenvalue weighted by Crippen LogP contribution is 2.31. The second-order valence-corrected chi connectivity index (χ2v) is 6.50. The molecule has 0 spiro atoms. The molecule has 0 aliphatic carbocycles. The van der Waals surface area contributed by atoms with Crippen molar-refractivity contribution in [1.82, 2.24) is 0 Å². The lowest BCUT2D eigenvalue weighted by atomic mass is 10.2. The number of likely N-dealkylation sites (N-methyl/N-ethyl adjacent to an activating group) is 1. The summed E-state index contributed by atoms with van der Waals surface area (Å²) in [5.74, 6) is 0.720. The molecule has 0 aliphatic heterocycles. The first-order chi connectivity index (χ1) is 9.51. The molecule has 1 aromatic heterocycles. The Labute approximate surface area is 131 Å². The topological polar surface area (TPSA) is 29.5 Å². The van der Waals surface area contributed by atoms with Crippen molar-refractivity contribution in [3.8, 4) is 5.75 Å². The summed E-state index contributed by atoms with van der Waals surface area (Å²) in [6, 6.07) is 9.11. The van der Waals surface area contributed by atoms with Gasteiger partial charge in [-0.15, -0.1) is 11.3 Å². The van der Waals surface area contributed by atoms with Crippen molar-refractivity contribution in [3.63, 3.8) is 0 Å². The number of carbonyl (C=O) groups is 1. The lowest BCUT2D eigenvalue weighted by Crippen LogP contribution is -2.25. The van der Waals surface area contributed by atoms with E-state index in [9.17, 15) is 4.79 Å². The van der Waals surface area contributed by atoms with Gasteiger partial charge in [-0.1, -0.05) is 23.2 Å². The number of thiophene rings is 1. The Balaban J connectivity index is 2.08. The average molecular weight is 330 g/mol. The maximum atomic E-state index is 12.2. The lowest BCUT2D eigenvalue weighted by molar-refractivity contribution is 0.100. The van der Waals surface area contributed by atoms with Gasteiger partial charge in [0, 0.05) is 12.7 Å². The van der Waals surface area contributed by atoms with E-state index in [1.165, 1.54) is 11.3 Å². The molecule has 1 heterocycles. The molecule has 0 aliphatic rings. The van der Waals surface area contributed by atoms with Crippen LogP contribution in [0.3, 0.4) is 0 Å². The minimum absolute atomic E-state index is 0.0588. The molecule has 0 unspecified atom stereocenters. The van der Waals surface area contributed by atoms with Crippen molar-refractivity contribution in [2.75, 3.05) is 25.6 Å². The Hall–Kier alpha value is -1.23. The molecule has 0 bridgehead atoms. The molecule has 20 heavy (non-hydrogen) atoms. The van der Waals surface area contributed by atoms with Gasteiger partial charge in [0.25, 0.3) is 0 Å². The van der Waals surface area contributed by atoms with Gasteiger partial charge in [-0.2, -0.15) is 0 Å². The monoisotopic (exact) mass is 329 g/mol. The van der Waals surface area contributed by atoms with Gasteiger partial charge < -0.3 is 9.64 Å². The number of hydrogen-bond acceptors (Lipinski definition) is 4. The predicted molar refractivity (Wildman–Crippen MR) is 84.9 cm³/mol. The van der Waals surface area contributed by atoms with Crippen LogP contribution in [0, 0.1) is 0 Å². The van der Waals surface area contributed by atoms with Crippen LogP contribution in [0.1, 0.15) is 10.4 Å². The van der Waals surface area contributed by atoms with E-state index in [0.717, 1.165) is 11.4 Å². The minimum Gasteiger partial charge on any atom is -0.497 e. The van der Waals surface area contributed by atoms with Gasteiger partial charge >= 0.3 is 0 Å². The molecule has 106 valence electrons. The maximum absolute atomic E-state index is 12.2. The van der Waals surface area contributed by atoms with E-state index in [4.69, 9.17) is 27.9 Å². The van der Waals surface area contributed by atoms with Crippen LogP contribution in [0.4, 0.5) is 5.69 Å². The number of nitrogens with zero attached hydrogens (tertiary/aromatic N) is 1. The first-order valence-electron chi connectivity index (χ1n) is 5.84. The Morgan fingerprint density at radius 2 is 1.95 bits per heavy atom. The summed E-state index contributed by atoms with van der Waals surface area (Å²) in [5, 5.41) is 0. The quantitative estimate of drug-likeness (QED) is 0.762. The van der Waals surface area contributed by atoms with E-state index < -0.39 is 0 Å². The standard InChI is InChI=1S/C14H13Cl2NO2S/c1-17(9-3-5-10(19-2)6-4-9)8-12(18)11-7-13(15)20-14(11)16/h3-7H,8H2,1-2H3. The third-order valence-corrected chi connectivity index (χ3v) is 4.34. The number of methoxy groups -OCH3 is 1. The molecule has 3 nitrogen and oxygen atoms in total. The summed E-state index contributed by atoms with van der Waals surface area (Å²) in [4.78, 5) is 14.0. The summed E-state index contributed by atoms with van der Waals surface area (Å²) in [7, 11) is 3.46. The molecule has 0 saturated heterocycles. The fourth-order valence-electron chi connectivity index (χ4n) is 1.76. The number of Topliss-reactive ketones (excluding diaryl/α,β-unsaturated/α-hetero) is 1. The van der Waals surface area contributed by atoms with E-state index in [1.54, 1.807) is 13.2 Å².